The molecule has 1 nitrogen and oxygen atoms in total. The molecule has 0 aromatic rings. The second-order valence-electron chi connectivity index (χ2n) is 5.69. The fourth-order valence-electron chi connectivity index (χ4n) is 2.33. The van der Waals surface area contributed by atoms with E-state index in [-0.39, 0.29) is 5.24 Å². The Morgan fingerprint density at radius 1 is 0.750 bits per heavy atom. The minimum atomic E-state index is -0.188. The van der Waals surface area contributed by atoms with E-state index in [4.69, 9.17) is 11.6 Å². The fraction of sp³-hybridized carbons (Fsp3) is 0.833. The first kappa shape index (κ1) is 19.7. The third-order valence-corrected chi connectivity index (χ3v) is 3.82. The summed E-state index contributed by atoms with van der Waals surface area (Å²) in [6, 6.07) is 0. The van der Waals surface area contributed by atoms with Crippen molar-refractivity contribution in [2.45, 2.75) is 96.8 Å². The van der Waals surface area contributed by atoms with E-state index in [0.29, 0.717) is 6.42 Å². The van der Waals surface area contributed by atoms with Gasteiger partial charge in [-0.1, -0.05) is 70.4 Å². The molecule has 0 bridgehead atoms. The van der Waals surface area contributed by atoms with Gasteiger partial charge >= 0.3 is 0 Å². The van der Waals surface area contributed by atoms with E-state index in [9.17, 15) is 4.79 Å². The van der Waals surface area contributed by atoms with Gasteiger partial charge in [0, 0.05) is 6.42 Å². The van der Waals surface area contributed by atoms with Gasteiger partial charge in [0.15, 0.2) is 0 Å². The maximum absolute atomic E-state index is 10.5. The van der Waals surface area contributed by atoms with Crippen LogP contribution in [0.25, 0.3) is 0 Å². The number of carbonyl (C=O) groups excluding carboxylic acids is 1. The zero-order valence-corrected chi connectivity index (χ0v) is 14.1. The summed E-state index contributed by atoms with van der Waals surface area (Å²) in [5, 5.41) is -0.188. The highest BCUT2D eigenvalue weighted by Crippen LogP contribution is 2.11. The molecule has 0 N–H and O–H groups in total. The van der Waals surface area contributed by atoms with Crippen molar-refractivity contribution in [3.63, 3.8) is 0 Å². The van der Waals surface area contributed by atoms with E-state index in [0.717, 1.165) is 12.8 Å². The highest BCUT2D eigenvalue weighted by Gasteiger charge is 1.95. The van der Waals surface area contributed by atoms with Gasteiger partial charge in [0.1, 0.15) is 0 Å². The number of hydrogen-bond acceptors (Lipinski definition) is 1. The predicted octanol–water partition coefficient (Wildman–Crippen LogP) is 6.79. The predicted molar refractivity (Wildman–Crippen MR) is 90.3 cm³/mol. The lowest BCUT2D eigenvalue weighted by Crippen LogP contribution is -1.86. The molecule has 0 aliphatic rings. The molecule has 0 unspecified atom stereocenters. The van der Waals surface area contributed by atoms with E-state index < -0.39 is 0 Å². The van der Waals surface area contributed by atoms with Gasteiger partial charge in [0.05, 0.1) is 0 Å². The molecule has 0 spiro atoms. The van der Waals surface area contributed by atoms with Gasteiger partial charge < -0.3 is 0 Å². The van der Waals surface area contributed by atoms with Gasteiger partial charge in [-0.15, -0.1) is 0 Å². The van der Waals surface area contributed by atoms with Crippen LogP contribution in [0.5, 0.6) is 0 Å². The van der Waals surface area contributed by atoms with Gasteiger partial charge in [0.25, 0.3) is 0 Å². The average molecular weight is 301 g/mol. The number of unbranched alkanes of at least 4 members (excludes halogenated alkanes) is 11. The van der Waals surface area contributed by atoms with Crippen molar-refractivity contribution in [2.75, 3.05) is 0 Å². The van der Waals surface area contributed by atoms with Crippen molar-refractivity contribution < 1.29 is 4.79 Å². The lowest BCUT2D eigenvalue weighted by molar-refractivity contribution is -0.111. The van der Waals surface area contributed by atoms with E-state index in [1.165, 1.54) is 70.6 Å². The molecule has 0 amide bonds. The lowest BCUT2D eigenvalue weighted by atomic mass is 10.1. The molecule has 0 aromatic carbocycles. The maximum Gasteiger partial charge on any atom is 0.221 e. The smallest absolute Gasteiger partial charge is 0.221 e. The van der Waals surface area contributed by atoms with E-state index in [2.05, 4.69) is 19.1 Å². The summed E-state index contributed by atoms with van der Waals surface area (Å²) in [6.45, 7) is 2.26. The normalized spacial score (nSPS) is 11.3. The van der Waals surface area contributed by atoms with Crippen molar-refractivity contribution in [3.05, 3.63) is 12.2 Å². The molecule has 0 aliphatic carbocycles. The molecular weight excluding hydrogens is 268 g/mol. The van der Waals surface area contributed by atoms with Crippen molar-refractivity contribution in [1.82, 2.24) is 0 Å². The molecule has 0 saturated heterocycles. The number of allylic oxidation sites excluding steroid dienone is 2. The summed E-state index contributed by atoms with van der Waals surface area (Å²) in [4.78, 5) is 10.5. The molecule has 0 aromatic heterocycles. The third-order valence-electron chi connectivity index (χ3n) is 3.64. The van der Waals surface area contributed by atoms with Gasteiger partial charge in [-0.3, -0.25) is 4.79 Å². The van der Waals surface area contributed by atoms with Crippen molar-refractivity contribution in [2.24, 2.45) is 0 Å². The Morgan fingerprint density at radius 3 is 1.70 bits per heavy atom. The molecule has 0 aliphatic heterocycles. The second kappa shape index (κ2) is 16.8. The maximum atomic E-state index is 10.5. The van der Waals surface area contributed by atoms with Crippen LogP contribution in [-0.2, 0) is 4.79 Å². The second-order valence-corrected chi connectivity index (χ2v) is 6.11. The van der Waals surface area contributed by atoms with Gasteiger partial charge in [-0.2, -0.15) is 0 Å². The largest absolute Gasteiger partial charge is 0.281 e. The molecular formula is C18H33ClO. The van der Waals surface area contributed by atoms with Crippen LogP contribution in [0.3, 0.4) is 0 Å². The first-order valence-corrected chi connectivity index (χ1v) is 8.98. The third kappa shape index (κ3) is 17.7. The first-order chi connectivity index (χ1) is 9.77. The summed E-state index contributed by atoms with van der Waals surface area (Å²) in [5.41, 5.74) is 0. The van der Waals surface area contributed by atoms with E-state index in [1.54, 1.807) is 0 Å². The summed E-state index contributed by atoms with van der Waals surface area (Å²) in [7, 11) is 0. The number of rotatable bonds is 15. The first-order valence-electron chi connectivity index (χ1n) is 8.60. The Morgan fingerprint density at radius 2 is 1.20 bits per heavy atom. The summed E-state index contributed by atoms with van der Waals surface area (Å²) < 4.78 is 0. The SMILES string of the molecule is CCCCCCC=CCCCCCCCCCC(=O)Cl. The van der Waals surface area contributed by atoms with E-state index in [1.807, 2.05) is 0 Å². The quantitative estimate of drug-likeness (QED) is 0.185. The standard InChI is InChI=1S/C18H33ClO/c1-2-3-4-5-6-7-8-9-10-11-12-13-14-15-16-17-18(19)20/h7-8H,2-6,9-17H2,1H3. The molecule has 118 valence electrons. The number of carbonyl (C=O) groups is 1. The van der Waals surface area contributed by atoms with Crippen LogP contribution in [0.4, 0.5) is 0 Å². The highest BCUT2D eigenvalue weighted by molar-refractivity contribution is 6.63. The van der Waals surface area contributed by atoms with Crippen LogP contribution >= 0.6 is 11.6 Å². The summed E-state index contributed by atoms with van der Waals surface area (Å²) in [6.07, 6.45) is 21.9. The Balaban J connectivity index is 3.05. The van der Waals surface area contributed by atoms with Crippen molar-refractivity contribution in [1.29, 1.82) is 0 Å². The molecule has 0 rings (SSSR count). The number of halogens is 1. The van der Waals surface area contributed by atoms with Crippen LogP contribution in [0.1, 0.15) is 96.8 Å². The Kier molecular flexibility index (Phi) is 16.5. The van der Waals surface area contributed by atoms with Crippen LogP contribution < -0.4 is 0 Å². The summed E-state index contributed by atoms with van der Waals surface area (Å²) >= 11 is 5.29. The van der Waals surface area contributed by atoms with Crippen LogP contribution in [0.2, 0.25) is 0 Å². The van der Waals surface area contributed by atoms with Gasteiger partial charge in [0.2, 0.25) is 5.24 Å². The Labute approximate surface area is 131 Å². The minimum Gasteiger partial charge on any atom is -0.281 e. The van der Waals surface area contributed by atoms with Crippen LogP contribution in [0.15, 0.2) is 12.2 Å². The topological polar surface area (TPSA) is 17.1 Å². The fourth-order valence-corrected chi connectivity index (χ4v) is 2.47. The van der Waals surface area contributed by atoms with E-state index >= 15 is 0 Å². The zero-order chi connectivity index (χ0) is 14.9. The van der Waals surface area contributed by atoms with Crippen LogP contribution in [0, 0.1) is 0 Å². The minimum absolute atomic E-state index is 0.188. The molecule has 0 atom stereocenters. The van der Waals surface area contributed by atoms with Gasteiger partial charge in [-0.25, -0.2) is 0 Å². The monoisotopic (exact) mass is 300 g/mol. The molecule has 0 radical (unpaired) electrons. The molecule has 0 heterocycles. The van der Waals surface area contributed by atoms with Crippen molar-refractivity contribution >= 4 is 16.8 Å². The van der Waals surface area contributed by atoms with Crippen molar-refractivity contribution in [3.8, 4) is 0 Å². The van der Waals surface area contributed by atoms with Crippen LogP contribution in [-0.4, -0.2) is 5.24 Å². The molecule has 0 fully saturated rings. The molecule has 0 saturated carbocycles. The molecule has 20 heavy (non-hydrogen) atoms. The highest BCUT2D eigenvalue weighted by atomic mass is 35.5. The zero-order valence-electron chi connectivity index (χ0n) is 13.3. The number of hydrogen-bond donors (Lipinski definition) is 0. The lowest BCUT2D eigenvalue weighted by Gasteiger charge is -2.00. The molecule has 2 heteroatoms. The van der Waals surface area contributed by atoms with Gasteiger partial charge in [-0.05, 0) is 43.7 Å². The Bertz CT molecular complexity index is 236. The Hall–Kier alpha value is -0.300. The summed E-state index contributed by atoms with van der Waals surface area (Å²) in [5.74, 6) is 0. The average Bonchev–Trinajstić information content (AvgIpc) is 2.43.